The molecule has 116 valence electrons. The van der Waals surface area contributed by atoms with Crippen LogP contribution in [0.3, 0.4) is 0 Å². The number of likely N-dealkylation sites (N-methyl/N-ethyl adjacent to an activating group) is 1. The highest BCUT2D eigenvalue weighted by molar-refractivity contribution is 6.30. The smallest absolute Gasteiger partial charge is 0.233 e. The van der Waals surface area contributed by atoms with Gasteiger partial charge < -0.3 is 9.32 Å². The zero-order chi connectivity index (χ0) is 15.7. The van der Waals surface area contributed by atoms with Gasteiger partial charge in [0.1, 0.15) is 11.5 Å². The maximum absolute atomic E-state index is 13.0. The van der Waals surface area contributed by atoms with Gasteiger partial charge in [-0.15, -0.1) is 0 Å². The number of amides is 1. The number of benzene rings is 1. The summed E-state index contributed by atoms with van der Waals surface area (Å²) in [6, 6.07) is 11.5. The minimum atomic E-state index is -0.388. The summed E-state index contributed by atoms with van der Waals surface area (Å²) in [7, 11) is 1.84. The number of aryl methyl sites for hydroxylation is 1. The summed E-state index contributed by atoms with van der Waals surface area (Å²) in [5, 5.41) is 0.699. The van der Waals surface area contributed by atoms with Crippen LogP contribution in [0.5, 0.6) is 0 Å². The van der Waals surface area contributed by atoms with E-state index in [1.54, 1.807) is 4.90 Å². The van der Waals surface area contributed by atoms with Crippen LogP contribution in [0, 0.1) is 6.92 Å². The zero-order valence-corrected chi connectivity index (χ0v) is 13.7. The third-order valence-corrected chi connectivity index (χ3v) is 4.80. The highest BCUT2D eigenvalue weighted by atomic mass is 35.5. The van der Waals surface area contributed by atoms with Gasteiger partial charge in [0.15, 0.2) is 0 Å². The normalized spacial score (nSPS) is 16.1. The molecule has 2 aromatic rings. The van der Waals surface area contributed by atoms with E-state index < -0.39 is 0 Å². The molecule has 1 aliphatic rings. The number of rotatable bonds is 4. The van der Waals surface area contributed by atoms with Crippen LogP contribution in [0.4, 0.5) is 0 Å². The Labute approximate surface area is 135 Å². The van der Waals surface area contributed by atoms with Gasteiger partial charge >= 0.3 is 0 Å². The topological polar surface area (TPSA) is 33.5 Å². The second-order valence-electron chi connectivity index (χ2n) is 6.12. The van der Waals surface area contributed by atoms with Crippen molar-refractivity contribution in [3.8, 4) is 0 Å². The first kappa shape index (κ1) is 15.2. The van der Waals surface area contributed by atoms with E-state index in [9.17, 15) is 4.79 Å². The van der Waals surface area contributed by atoms with E-state index in [2.05, 4.69) is 0 Å². The number of nitrogens with zero attached hydrogens (tertiary/aromatic N) is 1. The number of carbonyl (C=O) groups is 1. The van der Waals surface area contributed by atoms with Gasteiger partial charge in [-0.1, -0.05) is 30.2 Å². The Morgan fingerprint density at radius 1 is 1.23 bits per heavy atom. The average Bonchev–Trinajstić information content (AvgIpc) is 2.84. The molecule has 0 radical (unpaired) electrons. The Kier molecular flexibility index (Phi) is 4.00. The van der Waals surface area contributed by atoms with Gasteiger partial charge in [0, 0.05) is 12.1 Å². The second-order valence-corrected chi connectivity index (χ2v) is 6.55. The van der Waals surface area contributed by atoms with E-state index in [1.807, 2.05) is 50.4 Å². The fourth-order valence-corrected chi connectivity index (χ4v) is 3.29. The molecule has 0 bridgehead atoms. The maximum Gasteiger partial charge on any atom is 0.233 e. The van der Waals surface area contributed by atoms with Gasteiger partial charge in [0.25, 0.3) is 0 Å². The maximum atomic E-state index is 13.0. The van der Waals surface area contributed by atoms with E-state index in [-0.39, 0.29) is 11.3 Å². The van der Waals surface area contributed by atoms with Crippen molar-refractivity contribution >= 4 is 17.5 Å². The molecule has 3 rings (SSSR count). The Balaban J connectivity index is 1.80. The molecule has 0 unspecified atom stereocenters. The predicted octanol–water partition coefficient (Wildman–Crippen LogP) is 4.32. The van der Waals surface area contributed by atoms with Gasteiger partial charge in [-0.3, -0.25) is 4.79 Å². The first-order valence-corrected chi connectivity index (χ1v) is 7.96. The summed E-state index contributed by atoms with van der Waals surface area (Å²) in [5.41, 5.74) is 0.677. The molecule has 1 aromatic carbocycles. The summed E-state index contributed by atoms with van der Waals surface area (Å²) < 4.78 is 5.58. The molecule has 3 nitrogen and oxygen atoms in total. The van der Waals surface area contributed by atoms with E-state index in [0.717, 1.165) is 36.3 Å². The summed E-state index contributed by atoms with van der Waals surface area (Å²) in [6.45, 7) is 2.41. The molecule has 1 amide bonds. The fourth-order valence-electron chi connectivity index (χ4n) is 3.17. The zero-order valence-electron chi connectivity index (χ0n) is 12.9. The average molecular weight is 318 g/mol. The van der Waals surface area contributed by atoms with Crippen LogP contribution < -0.4 is 0 Å². The van der Waals surface area contributed by atoms with Gasteiger partial charge in [-0.25, -0.2) is 0 Å². The molecule has 22 heavy (non-hydrogen) atoms. The molecular formula is C18H20ClNO2. The molecule has 0 N–H and O–H groups in total. The molecule has 0 aliphatic heterocycles. The number of hydrogen-bond acceptors (Lipinski definition) is 2. The van der Waals surface area contributed by atoms with Crippen LogP contribution in [0.1, 0.15) is 36.3 Å². The standard InChI is InChI=1S/C18H20ClNO2/c1-13-4-9-16(22-13)12-20(2)17(21)18(10-3-11-18)14-5-7-15(19)8-6-14/h4-9H,3,10-12H2,1-2H3. The second kappa shape index (κ2) is 5.81. The first-order chi connectivity index (χ1) is 10.5. The van der Waals surface area contributed by atoms with Crippen LogP contribution in [-0.4, -0.2) is 17.9 Å². The highest BCUT2D eigenvalue weighted by Crippen LogP contribution is 2.45. The van der Waals surface area contributed by atoms with Crippen LogP contribution >= 0.6 is 11.6 Å². The van der Waals surface area contributed by atoms with Gasteiger partial charge in [0.2, 0.25) is 5.91 Å². The largest absolute Gasteiger partial charge is 0.464 e. The van der Waals surface area contributed by atoms with Crippen molar-refractivity contribution in [3.63, 3.8) is 0 Å². The van der Waals surface area contributed by atoms with Crippen molar-refractivity contribution in [1.82, 2.24) is 4.90 Å². The van der Waals surface area contributed by atoms with E-state index >= 15 is 0 Å². The van der Waals surface area contributed by atoms with Gasteiger partial charge in [0.05, 0.1) is 12.0 Å². The molecule has 4 heteroatoms. The molecule has 1 saturated carbocycles. The fraction of sp³-hybridized carbons (Fsp3) is 0.389. The number of halogens is 1. The lowest BCUT2D eigenvalue weighted by Crippen LogP contribution is -2.49. The summed E-state index contributed by atoms with van der Waals surface area (Å²) in [4.78, 5) is 14.8. The lowest BCUT2D eigenvalue weighted by Gasteiger charge is -2.43. The van der Waals surface area contributed by atoms with Crippen molar-refractivity contribution < 1.29 is 9.21 Å². The van der Waals surface area contributed by atoms with E-state index in [0.29, 0.717) is 11.6 Å². The minimum absolute atomic E-state index is 0.162. The van der Waals surface area contributed by atoms with Crippen molar-refractivity contribution in [2.75, 3.05) is 7.05 Å². The van der Waals surface area contributed by atoms with E-state index in [1.165, 1.54) is 0 Å². The van der Waals surface area contributed by atoms with Crippen molar-refractivity contribution in [1.29, 1.82) is 0 Å². The van der Waals surface area contributed by atoms with Crippen LogP contribution in [-0.2, 0) is 16.8 Å². The Morgan fingerprint density at radius 3 is 2.41 bits per heavy atom. The third-order valence-electron chi connectivity index (χ3n) is 4.55. The molecule has 1 aromatic heterocycles. The highest BCUT2D eigenvalue weighted by Gasteiger charge is 2.47. The quantitative estimate of drug-likeness (QED) is 0.841. The summed E-state index contributed by atoms with van der Waals surface area (Å²) in [5.74, 6) is 1.85. The monoisotopic (exact) mass is 317 g/mol. The summed E-state index contributed by atoms with van der Waals surface area (Å²) >= 11 is 5.97. The molecule has 0 spiro atoms. The number of hydrogen-bond donors (Lipinski definition) is 0. The van der Waals surface area contributed by atoms with Gasteiger partial charge in [-0.2, -0.15) is 0 Å². The Bertz CT molecular complexity index is 671. The summed E-state index contributed by atoms with van der Waals surface area (Å²) in [6.07, 6.45) is 2.88. The predicted molar refractivity (Wildman–Crippen MR) is 86.9 cm³/mol. The number of carbonyl (C=O) groups excluding carboxylic acids is 1. The van der Waals surface area contributed by atoms with Crippen molar-refractivity contribution in [2.24, 2.45) is 0 Å². The van der Waals surface area contributed by atoms with E-state index in [4.69, 9.17) is 16.0 Å². The molecule has 1 aliphatic carbocycles. The molecule has 0 saturated heterocycles. The van der Waals surface area contributed by atoms with Crippen molar-refractivity contribution in [2.45, 2.75) is 38.1 Å². The molecule has 0 atom stereocenters. The Hall–Kier alpha value is -1.74. The lowest BCUT2D eigenvalue weighted by molar-refractivity contribution is -0.140. The minimum Gasteiger partial charge on any atom is -0.464 e. The molecule has 1 heterocycles. The van der Waals surface area contributed by atoms with Crippen LogP contribution in [0.25, 0.3) is 0 Å². The number of furan rings is 1. The lowest BCUT2D eigenvalue weighted by atomic mass is 9.63. The molecule has 1 fully saturated rings. The third kappa shape index (κ3) is 2.66. The molecular weight excluding hydrogens is 298 g/mol. The van der Waals surface area contributed by atoms with Gasteiger partial charge in [-0.05, 0) is 49.6 Å². The van der Waals surface area contributed by atoms with Crippen LogP contribution in [0.2, 0.25) is 5.02 Å². The van der Waals surface area contributed by atoms with Crippen LogP contribution in [0.15, 0.2) is 40.8 Å². The first-order valence-electron chi connectivity index (χ1n) is 7.58. The SMILES string of the molecule is Cc1ccc(CN(C)C(=O)C2(c3ccc(Cl)cc3)CCC2)o1. The van der Waals surface area contributed by atoms with Crippen molar-refractivity contribution in [3.05, 3.63) is 58.5 Å². The Morgan fingerprint density at radius 2 is 1.91 bits per heavy atom.